The third kappa shape index (κ3) is 5.19. The summed E-state index contributed by atoms with van der Waals surface area (Å²) < 4.78 is 0. The van der Waals surface area contributed by atoms with E-state index >= 15 is 0 Å². The van der Waals surface area contributed by atoms with Crippen LogP contribution in [0.4, 0.5) is 0 Å². The van der Waals surface area contributed by atoms with Crippen molar-refractivity contribution in [3.05, 3.63) is 33.6 Å². The molecule has 0 saturated carbocycles. The third-order valence-electron chi connectivity index (χ3n) is 4.10. The molecule has 0 aliphatic heterocycles. The molecule has 0 atom stereocenters. The minimum atomic E-state index is -0.122. The smallest absolute Gasteiger partial charge is 0.123 e. The van der Waals surface area contributed by atoms with Crippen molar-refractivity contribution in [3.63, 3.8) is 0 Å². The summed E-state index contributed by atoms with van der Waals surface area (Å²) in [6.07, 6.45) is 0. The Hall–Kier alpha value is -1.10. The number of nitrogens with one attached hydrogen (secondary N) is 1. The molecule has 0 unspecified atom stereocenters. The second-order valence-corrected chi connectivity index (χ2v) is 9.27. The molecule has 0 bridgehead atoms. The highest BCUT2D eigenvalue weighted by molar-refractivity contribution is 7.09. The fraction of sp³-hybridized carbons (Fsp3) is 0.550. The molecule has 0 aliphatic rings. The molecule has 3 nitrogen and oxygen atoms in total. The zero-order valence-electron chi connectivity index (χ0n) is 16.4. The lowest BCUT2D eigenvalue weighted by Crippen LogP contribution is -2.17. The number of aromatic hydroxyl groups is 1. The van der Waals surface area contributed by atoms with E-state index in [-0.39, 0.29) is 23.2 Å². The number of hydrogen-bond acceptors (Lipinski definition) is 4. The van der Waals surface area contributed by atoms with Gasteiger partial charge in [-0.25, -0.2) is 4.98 Å². The molecule has 140 valence electrons. The fourth-order valence-corrected chi connectivity index (χ4v) is 3.46. The molecule has 0 fully saturated rings. The van der Waals surface area contributed by atoms with E-state index in [1.807, 2.05) is 0 Å². The predicted octanol–water partition coefficient (Wildman–Crippen LogP) is 5.64. The van der Waals surface area contributed by atoms with Gasteiger partial charge >= 0.3 is 0 Å². The van der Waals surface area contributed by atoms with E-state index in [2.05, 4.69) is 71.3 Å². The molecule has 1 aromatic heterocycles. The zero-order chi connectivity index (χ0) is 18.1. The van der Waals surface area contributed by atoms with Gasteiger partial charge in [-0.15, -0.1) is 23.7 Å². The molecule has 5 heteroatoms. The standard InChI is InChI=1S/C20H30N2OS.ClH/c1-8-21-11-17-22-16(12-24-17)13-9-14(19(2,3)4)18(23)15(10-13)20(5,6)7;/h9-10,12,21,23H,8,11H2,1-7H3;1H. The zero-order valence-corrected chi connectivity index (χ0v) is 18.0. The van der Waals surface area contributed by atoms with Crippen molar-refractivity contribution in [2.75, 3.05) is 6.54 Å². The maximum atomic E-state index is 10.8. The number of nitrogens with zero attached hydrogens (tertiary/aromatic N) is 1. The summed E-state index contributed by atoms with van der Waals surface area (Å²) >= 11 is 1.68. The van der Waals surface area contributed by atoms with Gasteiger partial charge in [-0.1, -0.05) is 48.5 Å². The molecule has 0 amide bonds. The van der Waals surface area contributed by atoms with Crippen molar-refractivity contribution < 1.29 is 5.11 Å². The molecule has 0 radical (unpaired) electrons. The van der Waals surface area contributed by atoms with E-state index in [0.29, 0.717) is 5.75 Å². The average Bonchev–Trinajstić information content (AvgIpc) is 2.91. The topological polar surface area (TPSA) is 45.2 Å². The summed E-state index contributed by atoms with van der Waals surface area (Å²) in [7, 11) is 0. The number of rotatable bonds is 4. The Labute approximate surface area is 162 Å². The largest absolute Gasteiger partial charge is 0.507 e. The van der Waals surface area contributed by atoms with Crippen LogP contribution in [0.25, 0.3) is 11.3 Å². The molecule has 2 aromatic rings. The fourth-order valence-electron chi connectivity index (χ4n) is 2.68. The second kappa shape index (κ2) is 8.07. The van der Waals surface area contributed by atoms with Crippen molar-refractivity contribution in [1.29, 1.82) is 0 Å². The first-order valence-electron chi connectivity index (χ1n) is 8.57. The number of aromatic nitrogens is 1. The lowest BCUT2D eigenvalue weighted by Gasteiger charge is -2.28. The van der Waals surface area contributed by atoms with E-state index in [4.69, 9.17) is 4.98 Å². The SMILES string of the molecule is CCNCc1nc(-c2cc(C(C)(C)C)c(O)c(C(C)(C)C)c2)cs1.Cl. The Morgan fingerprint density at radius 2 is 1.56 bits per heavy atom. The molecule has 2 N–H and O–H groups in total. The van der Waals surface area contributed by atoms with Gasteiger partial charge < -0.3 is 10.4 Å². The van der Waals surface area contributed by atoms with E-state index in [0.717, 1.165) is 40.5 Å². The Balaban J connectivity index is 0.00000312. The van der Waals surface area contributed by atoms with Crippen molar-refractivity contribution in [2.24, 2.45) is 0 Å². The maximum Gasteiger partial charge on any atom is 0.123 e. The first kappa shape index (κ1) is 21.9. The highest BCUT2D eigenvalue weighted by atomic mass is 35.5. The Morgan fingerprint density at radius 3 is 2.00 bits per heavy atom. The summed E-state index contributed by atoms with van der Waals surface area (Å²) in [5.41, 5.74) is 3.79. The molecule has 0 spiro atoms. The van der Waals surface area contributed by atoms with E-state index < -0.39 is 0 Å². The highest BCUT2D eigenvalue weighted by Crippen LogP contribution is 2.42. The monoisotopic (exact) mass is 382 g/mol. The van der Waals surface area contributed by atoms with Crippen molar-refractivity contribution in [2.45, 2.75) is 65.8 Å². The summed E-state index contributed by atoms with van der Waals surface area (Å²) in [6, 6.07) is 4.19. The average molecular weight is 383 g/mol. The predicted molar refractivity (Wildman–Crippen MR) is 111 cm³/mol. The molecule has 1 aromatic carbocycles. The molecule has 1 heterocycles. The van der Waals surface area contributed by atoms with E-state index in [1.54, 1.807) is 11.3 Å². The van der Waals surface area contributed by atoms with Crippen LogP contribution in [0.2, 0.25) is 0 Å². The molecule has 0 saturated heterocycles. The van der Waals surface area contributed by atoms with Crippen LogP contribution in [-0.4, -0.2) is 16.6 Å². The molecular weight excluding hydrogens is 352 g/mol. The van der Waals surface area contributed by atoms with Crippen molar-refractivity contribution >= 4 is 23.7 Å². The number of halogens is 1. The van der Waals surface area contributed by atoms with Gasteiger partial charge in [-0.05, 0) is 29.5 Å². The Morgan fingerprint density at radius 1 is 1.04 bits per heavy atom. The summed E-state index contributed by atoms with van der Waals surface area (Å²) in [5.74, 6) is 0.418. The first-order valence-corrected chi connectivity index (χ1v) is 9.45. The number of hydrogen-bond donors (Lipinski definition) is 2. The summed E-state index contributed by atoms with van der Waals surface area (Å²) in [5, 5.41) is 17.3. The molecule has 0 aliphatic carbocycles. The van der Waals surface area contributed by atoms with Crippen LogP contribution in [0.5, 0.6) is 5.75 Å². The second-order valence-electron chi connectivity index (χ2n) is 8.33. The number of benzene rings is 1. The van der Waals surface area contributed by atoms with Crippen molar-refractivity contribution in [1.82, 2.24) is 10.3 Å². The van der Waals surface area contributed by atoms with Gasteiger partial charge in [0.25, 0.3) is 0 Å². The summed E-state index contributed by atoms with van der Waals surface area (Å²) in [4.78, 5) is 4.77. The quantitative estimate of drug-likeness (QED) is 0.718. The minimum Gasteiger partial charge on any atom is -0.507 e. The number of phenols is 1. The van der Waals surface area contributed by atoms with Crippen LogP contribution >= 0.6 is 23.7 Å². The maximum absolute atomic E-state index is 10.8. The van der Waals surface area contributed by atoms with E-state index in [1.165, 1.54) is 0 Å². The molecule has 2 rings (SSSR count). The van der Waals surface area contributed by atoms with Gasteiger partial charge in [-0.2, -0.15) is 0 Å². The number of phenolic OH excluding ortho intramolecular Hbond substituents is 1. The first-order chi connectivity index (χ1) is 11.0. The van der Waals surface area contributed by atoms with Gasteiger partial charge in [0.05, 0.1) is 5.69 Å². The Bertz CT molecular complexity index is 676. The molecule has 25 heavy (non-hydrogen) atoms. The summed E-state index contributed by atoms with van der Waals surface area (Å²) in [6.45, 7) is 16.6. The minimum absolute atomic E-state index is 0. The van der Waals surface area contributed by atoms with Gasteiger partial charge in [0, 0.05) is 28.6 Å². The van der Waals surface area contributed by atoms with Crippen LogP contribution in [0.3, 0.4) is 0 Å². The van der Waals surface area contributed by atoms with Crippen molar-refractivity contribution in [3.8, 4) is 17.0 Å². The lowest BCUT2D eigenvalue weighted by molar-refractivity contribution is 0.423. The van der Waals surface area contributed by atoms with Crippen LogP contribution in [0.1, 0.15) is 64.6 Å². The molecular formula is C20H31ClN2OS. The third-order valence-corrected chi connectivity index (χ3v) is 4.95. The van der Waals surface area contributed by atoms with Crippen LogP contribution in [-0.2, 0) is 17.4 Å². The van der Waals surface area contributed by atoms with Gasteiger partial charge in [0.2, 0.25) is 0 Å². The van der Waals surface area contributed by atoms with Crippen LogP contribution in [0.15, 0.2) is 17.5 Å². The normalized spacial score (nSPS) is 12.1. The van der Waals surface area contributed by atoms with Crippen LogP contribution in [0, 0.1) is 0 Å². The number of thiazole rings is 1. The Kier molecular flexibility index (Phi) is 7.08. The van der Waals surface area contributed by atoms with Crippen LogP contribution < -0.4 is 5.32 Å². The van der Waals surface area contributed by atoms with Gasteiger partial charge in [0.1, 0.15) is 10.8 Å². The van der Waals surface area contributed by atoms with Gasteiger partial charge in [-0.3, -0.25) is 0 Å². The lowest BCUT2D eigenvalue weighted by atomic mass is 9.78. The highest BCUT2D eigenvalue weighted by Gasteiger charge is 2.27. The van der Waals surface area contributed by atoms with E-state index in [9.17, 15) is 5.11 Å². The van der Waals surface area contributed by atoms with Gasteiger partial charge in [0.15, 0.2) is 0 Å².